The van der Waals surface area contributed by atoms with Crippen molar-refractivity contribution in [3.63, 3.8) is 0 Å². The maximum Gasteiger partial charge on any atom is 0.0817 e. The Morgan fingerprint density at radius 3 is 1.25 bits per heavy atom. The van der Waals surface area contributed by atoms with Crippen molar-refractivity contribution in [2.75, 3.05) is 0 Å². The van der Waals surface area contributed by atoms with Crippen LogP contribution in [0.5, 0.6) is 0 Å². The Morgan fingerprint density at radius 1 is 0.625 bits per heavy atom. The van der Waals surface area contributed by atoms with E-state index >= 15 is 0 Å². The summed E-state index contributed by atoms with van der Waals surface area (Å²) in [6.07, 6.45) is 15.8. The fourth-order valence-corrected chi connectivity index (χ4v) is 6.33. The first kappa shape index (κ1) is 27.1. The molecule has 2 nitrogen and oxygen atoms in total. The Morgan fingerprint density at radius 2 is 0.969 bits per heavy atom. The van der Waals surface area contributed by atoms with Crippen LogP contribution in [0, 0.1) is 40.4 Å². The molecular weight excluding hydrogens is 392 g/mol. The van der Waals surface area contributed by atoms with E-state index in [2.05, 4.69) is 86.6 Å². The zero-order valence-electron chi connectivity index (χ0n) is 22.2. The highest BCUT2D eigenvalue weighted by atomic mass is 16.3. The zero-order chi connectivity index (χ0) is 24.3. The molecular formula is C30H50O2. The van der Waals surface area contributed by atoms with Crippen molar-refractivity contribution in [1.82, 2.24) is 0 Å². The van der Waals surface area contributed by atoms with Crippen LogP contribution in [0.15, 0.2) is 47.6 Å². The van der Waals surface area contributed by atoms with Gasteiger partial charge in [0.05, 0.1) is 12.2 Å². The van der Waals surface area contributed by atoms with Crippen molar-refractivity contribution >= 4 is 0 Å². The lowest BCUT2D eigenvalue weighted by molar-refractivity contribution is -0.0575. The predicted molar refractivity (Wildman–Crippen MR) is 138 cm³/mol. The maximum atomic E-state index is 11.5. The molecule has 0 aliphatic heterocycles. The molecule has 0 radical (unpaired) electrons. The molecule has 4 atom stereocenters. The van der Waals surface area contributed by atoms with E-state index in [0.717, 1.165) is 25.7 Å². The number of aliphatic hydroxyl groups excluding tert-OH is 2. The van der Waals surface area contributed by atoms with E-state index in [1.54, 1.807) is 0 Å². The van der Waals surface area contributed by atoms with Crippen LogP contribution in [0.2, 0.25) is 0 Å². The van der Waals surface area contributed by atoms with Gasteiger partial charge in [-0.2, -0.15) is 0 Å². The van der Waals surface area contributed by atoms with Gasteiger partial charge in [-0.1, -0.05) is 110 Å². The summed E-state index contributed by atoms with van der Waals surface area (Å²) in [7, 11) is 0. The minimum absolute atomic E-state index is 0.0871. The van der Waals surface area contributed by atoms with E-state index in [9.17, 15) is 10.2 Å². The van der Waals surface area contributed by atoms with Gasteiger partial charge in [0.25, 0.3) is 0 Å². The third-order valence-electron chi connectivity index (χ3n) is 7.42. The topological polar surface area (TPSA) is 40.5 Å². The van der Waals surface area contributed by atoms with Crippen molar-refractivity contribution < 1.29 is 10.2 Å². The van der Waals surface area contributed by atoms with Crippen LogP contribution in [0.3, 0.4) is 0 Å². The van der Waals surface area contributed by atoms with Gasteiger partial charge < -0.3 is 10.2 Å². The maximum absolute atomic E-state index is 11.5. The van der Waals surface area contributed by atoms with Gasteiger partial charge in [-0.05, 0) is 55.3 Å². The molecule has 0 amide bonds. The quantitative estimate of drug-likeness (QED) is 0.368. The van der Waals surface area contributed by atoms with Gasteiger partial charge in [0, 0.05) is 10.8 Å². The molecule has 0 spiro atoms. The van der Waals surface area contributed by atoms with Gasteiger partial charge in [-0.15, -0.1) is 0 Å². The van der Waals surface area contributed by atoms with E-state index in [1.807, 2.05) is 12.2 Å². The molecule has 2 rings (SSSR count). The minimum atomic E-state index is -0.542. The molecule has 0 saturated heterocycles. The molecule has 0 bridgehead atoms. The molecule has 0 fully saturated rings. The summed E-state index contributed by atoms with van der Waals surface area (Å²) in [6, 6.07) is 0. The van der Waals surface area contributed by atoms with Crippen LogP contribution in [-0.4, -0.2) is 22.4 Å². The first-order valence-corrected chi connectivity index (χ1v) is 13.0. The Kier molecular flexibility index (Phi) is 9.22. The summed E-state index contributed by atoms with van der Waals surface area (Å²) >= 11 is 0. The number of aliphatic hydroxyl groups is 2. The van der Waals surface area contributed by atoms with Crippen molar-refractivity contribution in [1.29, 1.82) is 0 Å². The van der Waals surface area contributed by atoms with E-state index in [4.69, 9.17) is 0 Å². The standard InChI is InChI=1S/C30H50O2/c1-20(2)14-25-10-12-27(31)29(18-25,16-22(5)6)24(9)30(17-23(7)8)19-26(15-21(3)4)11-13-28(30)32/h10-13,18-24,27-28,31-32H,14-17H2,1-9H3. The largest absolute Gasteiger partial charge is 0.388 e. The van der Waals surface area contributed by atoms with Crippen LogP contribution < -0.4 is 0 Å². The summed E-state index contributed by atoms with van der Waals surface area (Å²) in [4.78, 5) is 0. The van der Waals surface area contributed by atoms with Crippen LogP contribution in [0.25, 0.3) is 0 Å². The van der Waals surface area contributed by atoms with E-state index < -0.39 is 23.0 Å². The molecule has 2 aliphatic carbocycles. The van der Waals surface area contributed by atoms with Gasteiger partial charge in [0.1, 0.15) is 0 Å². The first-order valence-electron chi connectivity index (χ1n) is 13.0. The molecule has 2 aliphatic rings. The molecule has 2 N–H and O–H groups in total. The van der Waals surface area contributed by atoms with E-state index in [0.29, 0.717) is 23.7 Å². The molecule has 32 heavy (non-hydrogen) atoms. The van der Waals surface area contributed by atoms with Crippen LogP contribution in [0.4, 0.5) is 0 Å². The summed E-state index contributed by atoms with van der Waals surface area (Å²) < 4.78 is 0. The lowest BCUT2D eigenvalue weighted by atomic mass is 9.52. The third kappa shape index (κ3) is 6.06. The lowest BCUT2D eigenvalue weighted by Crippen LogP contribution is -2.52. The van der Waals surface area contributed by atoms with Gasteiger partial charge in [-0.3, -0.25) is 0 Å². The minimum Gasteiger partial charge on any atom is -0.388 e. The van der Waals surface area contributed by atoms with E-state index in [1.165, 1.54) is 11.1 Å². The van der Waals surface area contributed by atoms with E-state index in [-0.39, 0.29) is 5.92 Å². The second kappa shape index (κ2) is 10.9. The molecule has 0 heterocycles. The molecule has 182 valence electrons. The number of allylic oxidation sites excluding steroid dienone is 4. The second-order valence-corrected chi connectivity index (χ2v) is 12.4. The molecule has 0 aromatic rings. The SMILES string of the molecule is CC(C)CC1=CC(CC(C)C)(C(C)C2(CC(C)C)C=C(CC(C)C)C=CC2O)C(O)C=C1. The number of rotatable bonds is 10. The summed E-state index contributed by atoms with van der Waals surface area (Å²) in [6.45, 7) is 20.3. The van der Waals surface area contributed by atoms with Crippen molar-refractivity contribution in [2.24, 2.45) is 40.4 Å². The summed E-state index contributed by atoms with van der Waals surface area (Å²) in [5.74, 6) is 2.12. The van der Waals surface area contributed by atoms with Gasteiger partial charge >= 0.3 is 0 Å². The van der Waals surface area contributed by atoms with Crippen LogP contribution in [0.1, 0.15) is 88.0 Å². The fourth-order valence-electron chi connectivity index (χ4n) is 6.33. The molecule has 2 heteroatoms. The van der Waals surface area contributed by atoms with Crippen molar-refractivity contribution in [3.8, 4) is 0 Å². The smallest absolute Gasteiger partial charge is 0.0817 e. The fraction of sp³-hybridized carbons (Fsp3) is 0.733. The third-order valence-corrected chi connectivity index (χ3v) is 7.42. The zero-order valence-corrected chi connectivity index (χ0v) is 22.2. The number of hydrogen-bond acceptors (Lipinski definition) is 2. The van der Waals surface area contributed by atoms with Crippen LogP contribution >= 0.6 is 0 Å². The predicted octanol–water partition coefficient (Wildman–Crippen LogP) is 7.49. The van der Waals surface area contributed by atoms with Crippen molar-refractivity contribution in [3.05, 3.63) is 47.6 Å². The van der Waals surface area contributed by atoms with Gasteiger partial charge in [0.2, 0.25) is 0 Å². The monoisotopic (exact) mass is 442 g/mol. The normalized spacial score (nSPS) is 31.6. The molecule has 0 aromatic heterocycles. The van der Waals surface area contributed by atoms with Crippen LogP contribution in [-0.2, 0) is 0 Å². The highest BCUT2D eigenvalue weighted by Crippen LogP contribution is 2.56. The highest BCUT2D eigenvalue weighted by Gasteiger charge is 2.53. The Balaban J connectivity index is 2.67. The summed E-state index contributed by atoms with van der Waals surface area (Å²) in [5.41, 5.74) is 1.86. The number of hydrogen-bond donors (Lipinski definition) is 2. The lowest BCUT2D eigenvalue weighted by Gasteiger charge is -2.54. The Labute approximate surface area is 198 Å². The average molecular weight is 443 g/mol. The molecule has 0 saturated carbocycles. The summed E-state index contributed by atoms with van der Waals surface area (Å²) in [5, 5.41) is 23.0. The first-order chi connectivity index (χ1) is 14.8. The van der Waals surface area contributed by atoms with Crippen molar-refractivity contribution in [2.45, 2.75) is 100 Å². The molecule has 4 unspecified atom stereocenters. The Bertz CT molecular complexity index is 674. The second-order valence-electron chi connectivity index (χ2n) is 12.4. The molecule has 0 aromatic carbocycles. The average Bonchev–Trinajstić information content (AvgIpc) is 2.64. The highest BCUT2D eigenvalue weighted by molar-refractivity contribution is 5.36. The Hall–Kier alpha value is -1.12. The van der Waals surface area contributed by atoms with Gasteiger partial charge in [-0.25, -0.2) is 0 Å². The van der Waals surface area contributed by atoms with Gasteiger partial charge in [0.15, 0.2) is 0 Å².